The molecule has 0 aliphatic heterocycles. The number of nitrogens with zero attached hydrogens (tertiary/aromatic N) is 2. The van der Waals surface area contributed by atoms with Gasteiger partial charge in [-0.25, -0.2) is 9.59 Å². The first-order valence-electron chi connectivity index (χ1n) is 9.20. The molecule has 2 aromatic heterocycles. The largest absolute Gasteiger partial charge is 3.00 e. The van der Waals surface area contributed by atoms with Gasteiger partial charge in [-0.2, -0.15) is 0 Å². The van der Waals surface area contributed by atoms with E-state index < -0.39 is 11.9 Å². The van der Waals surface area contributed by atoms with Gasteiger partial charge in [0.05, 0.1) is 35.4 Å². The minimum atomic E-state index is -1.05. The van der Waals surface area contributed by atoms with Gasteiger partial charge in [-0.15, -0.1) is 0 Å². The Balaban J connectivity index is 0. The van der Waals surface area contributed by atoms with Gasteiger partial charge in [0.1, 0.15) is 23.1 Å². The van der Waals surface area contributed by atoms with E-state index in [0.29, 0.717) is 11.4 Å². The van der Waals surface area contributed by atoms with Crippen LogP contribution in [0, 0.1) is 0 Å². The fourth-order valence-electron chi connectivity index (χ4n) is 2.04. The minimum Gasteiger partial charge on any atom is -0.478 e. The number of carbonyl (C=O) groups is 6. The van der Waals surface area contributed by atoms with Gasteiger partial charge < -0.3 is 10.2 Å². The second-order valence-electron chi connectivity index (χ2n) is 6.64. The fraction of sp³-hybridized carbons (Fsp3) is 0.273. The first-order chi connectivity index (χ1) is 14.8. The van der Waals surface area contributed by atoms with E-state index in [1.54, 1.807) is 0 Å². The summed E-state index contributed by atoms with van der Waals surface area (Å²) in [5.41, 5.74) is 1.13. The number of aromatic nitrogens is 2. The second-order valence-corrected chi connectivity index (χ2v) is 6.64. The zero-order chi connectivity index (χ0) is 24.8. The fourth-order valence-corrected chi connectivity index (χ4v) is 2.04. The number of pyridine rings is 2. The smallest absolute Gasteiger partial charge is 0.478 e. The SMILES string of the molecule is CC(=O)CC(C)=O.CC(=O)CC(C)=O.O=C(O)c1ccc(-c2ccc(C(=O)O)cn2)nc1.[Ru+3]. The third-order valence-electron chi connectivity index (χ3n) is 3.28. The number of carboxylic acids is 2. The predicted octanol–water partition coefficient (Wildman–Crippen LogP) is 2.65. The van der Waals surface area contributed by atoms with Crippen molar-refractivity contribution < 1.29 is 58.5 Å². The molecule has 2 N–H and O–H groups in total. The molecule has 0 bridgehead atoms. The second kappa shape index (κ2) is 16.2. The van der Waals surface area contributed by atoms with Crippen molar-refractivity contribution in [3.8, 4) is 11.4 Å². The molecule has 0 saturated carbocycles. The summed E-state index contributed by atoms with van der Waals surface area (Å²) in [5.74, 6) is -2.36. The van der Waals surface area contributed by atoms with Crippen LogP contribution in [0.3, 0.4) is 0 Å². The number of rotatable bonds is 7. The third kappa shape index (κ3) is 15.1. The van der Waals surface area contributed by atoms with Crippen LogP contribution in [0.1, 0.15) is 61.3 Å². The Kier molecular flexibility index (Phi) is 15.6. The van der Waals surface area contributed by atoms with Gasteiger partial charge in [0, 0.05) is 12.4 Å². The molecule has 10 nitrogen and oxygen atoms in total. The van der Waals surface area contributed by atoms with Crippen LogP contribution >= 0.6 is 0 Å². The summed E-state index contributed by atoms with van der Waals surface area (Å²) in [4.78, 5) is 69.3. The van der Waals surface area contributed by atoms with Gasteiger partial charge in [0.2, 0.25) is 0 Å². The summed E-state index contributed by atoms with van der Waals surface area (Å²) >= 11 is 0. The Morgan fingerprint density at radius 3 is 1.00 bits per heavy atom. The maximum absolute atomic E-state index is 10.6. The van der Waals surface area contributed by atoms with Crippen molar-refractivity contribution >= 4 is 35.1 Å². The average molecular weight is 546 g/mol. The molecule has 0 aliphatic carbocycles. The molecule has 0 aromatic carbocycles. The number of hydrogen-bond acceptors (Lipinski definition) is 8. The predicted molar refractivity (Wildman–Crippen MR) is 113 cm³/mol. The standard InChI is InChI=1S/C12H8N2O4.2C5H8O2.Ru/c15-11(16)7-1-3-9(13-5-7)10-4-2-8(6-14-10)12(17)18;2*1-4(6)3-5(2)7;/h1-6H,(H,15,16)(H,17,18);2*3H2,1-2H3;/q;;;+3. The van der Waals surface area contributed by atoms with Crippen molar-refractivity contribution in [2.45, 2.75) is 40.5 Å². The summed E-state index contributed by atoms with van der Waals surface area (Å²) in [7, 11) is 0. The molecule has 0 atom stereocenters. The molecular weight excluding hydrogens is 521 g/mol. The first kappa shape index (κ1) is 31.7. The van der Waals surface area contributed by atoms with E-state index in [0.717, 1.165) is 0 Å². The number of carbonyl (C=O) groups excluding carboxylic acids is 4. The summed E-state index contributed by atoms with van der Waals surface area (Å²) in [6, 6.07) is 5.87. The number of carboxylic acid groups (broad SMARTS) is 2. The Hall–Kier alpha value is -3.46. The molecule has 2 rings (SSSR count). The van der Waals surface area contributed by atoms with Crippen molar-refractivity contribution in [1.29, 1.82) is 0 Å². The van der Waals surface area contributed by atoms with E-state index in [4.69, 9.17) is 10.2 Å². The van der Waals surface area contributed by atoms with Crippen LogP contribution in [0.25, 0.3) is 11.4 Å². The topological polar surface area (TPSA) is 169 Å². The average Bonchev–Trinajstić information content (AvgIpc) is 2.67. The molecule has 0 unspecified atom stereocenters. The molecular formula is C22H24N2O8Ru+3. The van der Waals surface area contributed by atoms with Crippen LogP contribution < -0.4 is 0 Å². The normalized spacial score (nSPS) is 8.97. The zero-order valence-electron chi connectivity index (χ0n) is 18.5. The Bertz CT molecular complexity index is 881. The minimum absolute atomic E-state index is 0. The van der Waals surface area contributed by atoms with Crippen molar-refractivity contribution in [1.82, 2.24) is 9.97 Å². The van der Waals surface area contributed by atoms with Crippen LogP contribution in [-0.4, -0.2) is 55.3 Å². The summed E-state index contributed by atoms with van der Waals surface area (Å²) in [6.45, 7) is 5.62. The van der Waals surface area contributed by atoms with Crippen molar-refractivity contribution in [3.63, 3.8) is 0 Å². The third-order valence-corrected chi connectivity index (χ3v) is 3.28. The summed E-state index contributed by atoms with van der Waals surface area (Å²) in [6.07, 6.45) is 2.62. The number of Topliss-reactive ketones (excluding diaryl/α,β-unsaturated/α-hetero) is 4. The zero-order valence-corrected chi connectivity index (χ0v) is 20.2. The van der Waals surface area contributed by atoms with E-state index in [2.05, 4.69) is 9.97 Å². The van der Waals surface area contributed by atoms with E-state index in [1.807, 2.05) is 0 Å². The van der Waals surface area contributed by atoms with Crippen molar-refractivity contribution in [3.05, 3.63) is 47.8 Å². The molecule has 11 heteroatoms. The number of ketones is 4. The molecule has 2 aromatic rings. The van der Waals surface area contributed by atoms with Crippen LogP contribution in [0.15, 0.2) is 36.7 Å². The monoisotopic (exact) mass is 546 g/mol. The summed E-state index contributed by atoms with van der Waals surface area (Å²) < 4.78 is 0. The van der Waals surface area contributed by atoms with Crippen LogP contribution in [0.2, 0.25) is 0 Å². The van der Waals surface area contributed by atoms with Gasteiger partial charge in [-0.05, 0) is 52.0 Å². The van der Waals surface area contributed by atoms with E-state index in [9.17, 15) is 28.8 Å². The van der Waals surface area contributed by atoms with E-state index >= 15 is 0 Å². The maximum Gasteiger partial charge on any atom is 3.00 e. The number of hydrogen-bond donors (Lipinski definition) is 2. The van der Waals surface area contributed by atoms with Crippen LogP contribution in [0.4, 0.5) is 0 Å². The van der Waals surface area contributed by atoms with Crippen molar-refractivity contribution in [2.75, 3.05) is 0 Å². The van der Waals surface area contributed by atoms with Crippen molar-refractivity contribution in [2.24, 2.45) is 0 Å². The van der Waals surface area contributed by atoms with Gasteiger partial charge >= 0.3 is 31.4 Å². The Morgan fingerprint density at radius 1 is 0.606 bits per heavy atom. The molecule has 0 aliphatic rings. The van der Waals surface area contributed by atoms with Crippen LogP contribution in [0.5, 0.6) is 0 Å². The molecule has 175 valence electrons. The molecule has 0 spiro atoms. The van der Waals surface area contributed by atoms with Gasteiger partial charge in [-0.3, -0.25) is 29.1 Å². The molecule has 33 heavy (non-hydrogen) atoms. The summed E-state index contributed by atoms with van der Waals surface area (Å²) in [5, 5.41) is 17.4. The molecule has 0 amide bonds. The van der Waals surface area contributed by atoms with E-state index in [-0.39, 0.29) is 66.6 Å². The molecule has 1 radical (unpaired) electrons. The molecule has 0 fully saturated rings. The van der Waals surface area contributed by atoms with Crippen LogP contribution in [-0.2, 0) is 38.7 Å². The Labute approximate surface area is 203 Å². The number of aromatic carboxylic acids is 2. The maximum atomic E-state index is 10.6. The quantitative estimate of drug-likeness (QED) is 0.390. The molecule has 0 saturated heterocycles. The van der Waals surface area contributed by atoms with Gasteiger partial charge in [-0.1, -0.05) is 0 Å². The first-order valence-corrected chi connectivity index (χ1v) is 9.20. The molecule has 2 heterocycles. The van der Waals surface area contributed by atoms with Gasteiger partial charge in [0.25, 0.3) is 0 Å². The Morgan fingerprint density at radius 2 is 0.879 bits per heavy atom. The van der Waals surface area contributed by atoms with Gasteiger partial charge in [0.15, 0.2) is 0 Å². The van der Waals surface area contributed by atoms with E-state index in [1.165, 1.54) is 64.4 Å².